The maximum atomic E-state index is 12.7. The van der Waals surface area contributed by atoms with Gasteiger partial charge in [-0.3, -0.25) is 18.7 Å². The Labute approximate surface area is 157 Å². The second kappa shape index (κ2) is 8.04. The first kappa shape index (κ1) is 19.3. The summed E-state index contributed by atoms with van der Waals surface area (Å²) in [6.45, 7) is 5.44. The highest BCUT2D eigenvalue weighted by Gasteiger charge is 2.20. The van der Waals surface area contributed by atoms with E-state index in [-0.39, 0.29) is 5.91 Å². The van der Waals surface area contributed by atoms with Gasteiger partial charge in [0, 0.05) is 33.4 Å². The van der Waals surface area contributed by atoms with Crippen LogP contribution in [0.5, 0.6) is 0 Å². The van der Waals surface area contributed by atoms with Crippen LogP contribution >= 0.6 is 0 Å². The van der Waals surface area contributed by atoms with Gasteiger partial charge in [0.2, 0.25) is 0 Å². The third kappa shape index (κ3) is 3.66. The molecule has 8 heteroatoms. The van der Waals surface area contributed by atoms with Crippen molar-refractivity contribution in [1.29, 1.82) is 0 Å². The van der Waals surface area contributed by atoms with Crippen LogP contribution < -0.4 is 16.6 Å². The van der Waals surface area contributed by atoms with E-state index in [0.717, 1.165) is 24.2 Å². The second-order valence-electron chi connectivity index (χ2n) is 7.07. The molecule has 1 N–H and O–H groups in total. The molecular formula is C19H27N5O3. The highest BCUT2D eigenvalue weighted by molar-refractivity contribution is 5.99. The summed E-state index contributed by atoms with van der Waals surface area (Å²) in [6, 6.07) is 0. The molecule has 0 saturated carbocycles. The first-order valence-corrected chi connectivity index (χ1v) is 9.53. The summed E-state index contributed by atoms with van der Waals surface area (Å²) in [5, 5.41) is 3.29. The Hall–Kier alpha value is -2.48. The number of amides is 1. The van der Waals surface area contributed by atoms with Crippen LogP contribution in [0.3, 0.4) is 0 Å². The Morgan fingerprint density at radius 1 is 1.15 bits per heavy atom. The van der Waals surface area contributed by atoms with Gasteiger partial charge in [-0.25, -0.2) is 9.78 Å². The summed E-state index contributed by atoms with van der Waals surface area (Å²) in [5.41, 5.74) is 0.497. The molecule has 1 fully saturated rings. The number of aryl methyl sites for hydroxylation is 2. The molecule has 1 aliphatic heterocycles. The second-order valence-corrected chi connectivity index (χ2v) is 7.07. The average molecular weight is 373 g/mol. The van der Waals surface area contributed by atoms with Gasteiger partial charge >= 0.3 is 5.69 Å². The largest absolute Gasteiger partial charge is 0.351 e. The SMILES string of the molecule is CCc1c(C(=O)NCCN2CCCCC2)cnc2c1c(=O)n(C)c(=O)n2C. The van der Waals surface area contributed by atoms with Crippen molar-refractivity contribution in [2.75, 3.05) is 26.2 Å². The highest BCUT2D eigenvalue weighted by atomic mass is 16.2. The van der Waals surface area contributed by atoms with Crippen molar-refractivity contribution in [2.45, 2.75) is 32.6 Å². The van der Waals surface area contributed by atoms with Crippen LogP contribution in [0.25, 0.3) is 11.0 Å². The van der Waals surface area contributed by atoms with Crippen molar-refractivity contribution in [1.82, 2.24) is 24.3 Å². The molecule has 146 valence electrons. The predicted molar refractivity (Wildman–Crippen MR) is 104 cm³/mol. The van der Waals surface area contributed by atoms with Crippen LogP contribution in [0.15, 0.2) is 15.8 Å². The Morgan fingerprint density at radius 2 is 1.85 bits per heavy atom. The zero-order valence-electron chi connectivity index (χ0n) is 16.2. The zero-order valence-corrected chi connectivity index (χ0v) is 16.2. The maximum absolute atomic E-state index is 12.7. The summed E-state index contributed by atoms with van der Waals surface area (Å²) >= 11 is 0. The first-order valence-electron chi connectivity index (χ1n) is 9.53. The van der Waals surface area contributed by atoms with E-state index in [9.17, 15) is 14.4 Å². The van der Waals surface area contributed by atoms with Gasteiger partial charge in [0.15, 0.2) is 0 Å². The molecule has 1 saturated heterocycles. The van der Waals surface area contributed by atoms with Crippen molar-refractivity contribution < 1.29 is 4.79 Å². The lowest BCUT2D eigenvalue weighted by atomic mass is 10.0. The lowest BCUT2D eigenvalue weighted by Crippen LogP contribution is -2.39. The number of piperidine rings is 1. The summed E-state index contributed by atoms with van der Waals surface area (Å²) in [7, 11) is 3.02. The van der Waals surface area contributed by atoms with Crippen molar-refractivity contribution >= 4 is 16.9 Å². The van der Waals surface area contributed by atoms with E-state index in [1.165, 1.54) is 37.1 Å². The van der Waals surface area contributed by atoms with Crippen molar-refractivity contribution in [2.24, 2.45) is 14.1 Å². The quantitative estimate of drug-likeness (QED) is 0.820. The Morgan fingerprint density at radius 3 is 2.52 bits per heavy atom. The summed E-state index contributed by atoms with van der Waals surface area (Å²) in [4.78, 5) is 44.1. The number of aromatic nitrogens is 3. The molecule has 0 unspecified atom stereocenters. The predicted octanol–water partition coefficient (Wildman–Crippen LogP) is 0.410. The van der Waals surface area contributed by atoms with E-state index >= 15 is 0 Å². The molecule has 1 amide bonds. The summed E-state index contributed by atoms with van der Waals surface area (Å²) < 4.78 is 2.40. The standard InChI is InChI=1S/C19H27N5O3/c1-4-13-14(17(25)20-8-11-24-9-6-5-7-10-24)12-21-16-15(13)18(26)23(3)19(27)22(16)2/h12H,4-11H2,1-3H3,(H,20,25). The topological polar surface area (TPSA) is 89.2 Å². The molecule has 27 heavy (non-hydrogen) atoms. The minimum Gasteiger partial charge on any atom is -0.351 e. The Balaban J connectivity index is 1.89. The van der Waals surface area contributed by atoms with Gasteiger partial charge in [0.05, 0.1) is 10.9 Å². The third-order valence-electron chi connectivity index (χ3n) is 5.34. The molecule has 0 aromatic carbocycles. The van der Waals surface area contributed by atoms with Gasteiger partial charge in [-0.15, -0.1) is 0 Å². The van der Waals surface area contributed by atoms with E-state index in [4.69, 9.17) is 0 Å². The molecule has 8 nitrogen and oxygen atoms in total. The van der Waals surface area contributed by atoms with Gasteiger partial charge in [-0.1, -0.05) is 13.3 Å². The Bertz CT molecular complexity index is 970. The molecule has 3 heterocycles. The number of nitrogens with one attached hydrogen (secondary N) is 1. The fraction of sp³-hybridized carbons (Fsp3) is 0.579. The van der Waals surface area contributed by atoms with E-state index in [1.807, 2.05) is 6.92 Å². The van der Waals surface area contributed by atoms with Crippen LogP contribution in [0.1, 0.15) is 42.1 Å². The van der Waals surface area contributed by atoms with E-state index in [1.54, 1.807) is 7.05 Å². The molecule has 1 aliphatic rings. The number of hydrogen-bond donors (Lipinski definition) is 1. The molecule has 0 spiro atoms. The molecule has 0 aliphatic carbocycles. The third-order valence-corrected chi connectivity index (χ3v) is 5.34. The van der Waals surface area contributed by atoms with Gasteiger partial charge in [0.25, 0.3) is 11.5 Å². The molecule has 3 rings (SSSR count). The minimum absolute atomic E-state index is 0.228. The van der Waals surface area contributed by atoms with Gasteiger partial charge in [0.1, 0.15) is 5.65 Å². The first-order chi connectivity index (χ1) is 13.0. The van der Waals surface area contributed by atoms with Gasteiger partial charge in [-0.05, 0) is 37.9 Å². The highest BCUT2D eigenvalue weighted by Crippen LogP contribution is 2.17. The molecule has 2 aromatic heterocycles. The number of likely N-dealkylation sites (tertiary alicyclic amines) is 1. The molecule has 0 bridgehead atoms. The molecular weight excluding hydrogens is 346 g/mol. The molecule has 2 aromatic rings. The minimum atomic E-state index is -0.430. The summed E-state index contributed by atoms with van der Waals surface area (Å²) in [6.07, 6.45) is 5.68. The van der Waals surface area contributed by atoms with E-state index in [2.05, 4.69) is 15.2 Å². The monoisotopic (exact) mass is 373 g/mol. The van der Waals surface area contributed by atoms with Gasteiger partial charge in [-0.2, -0.15) is 0 Å². The number of rotatable bonds is 5. The van der Waals surface area contributed by atoms with Crippen molar-refractivity contribution in [3.8, 4) is 0 Å². The number of pyridine rings is 1. The van der Waals surface area contributed by atoms with Crippen LogP contribution in [-0.2, 0) is 20.5 Å². The fourth-order valence-corrected chi connectivity index (χ4v) is 3.76. The normalized spacial score (nSPS) is 15.2. The summed E-state index contributed by atoms with van der Waals surface area (Å²) in [5.74, 6) is -0.228. The van der Waals surface area contributed by atoms with Crippen LogP contribution in [0, 0.1) is 0 Å². The van der Waals surface area contributed by atoms with Crippen LogP contribution in [0.4, 0.5) is 0 Å². The van der Waals surface area contributed by atoms with E-state index in [0.29, 0.717) is 35.1 Å². The number of nitrogens with zero attached hydrogens (tertiary/aromatic N) is 4. The average Bonchev–Trinajstić information content (AvgIpc) is 2.70. The molecule has 0 radical (unpaired) electrons. The van der Waals surface area contributed by atoms with Gasteiger partial charge < -0.3 is 10.2 Å². The Kier molecular flexibility index (Phi) is 5.74. The zero-order chi connectivity index (χ0) is 19.6. The number of carbonyl (C=O) groups is 1. The number of fused-ring (bicyclic) bond motifs is 1. The number of carbonyl (C=O) groups excluding carboxylic acids is 1. The fourth-order valence-electron chi connectivity index (χ4n) is 3.76. The van der Waals surface area contributed by atoms with Crippen molar-refractivity contribution in [3.05, 3.63) is 38.2 Å². The lowest BCUT2D eigenvalue weighted by molar-refractivity contribution is 0.0945. The lowest BCUT2D eigenvalue weighted by Gasteiger charge is -2.26. The molecule has 0 atom stereocenters. The smallest absolute Gasteiger partial charge is 0.332 e. The maximum Gasteiger partial charge on any atom is 0.332 e. The van der Waals surface area contributed by atoms with Crippen LogP contribution in [0.2, 0.25) is 0 Å². The van der Waals surface area contributed by atoms with Crippen molar-refractivity contribution in [3.63, 3.8) is 0 Å². The van der Waals surface area contributed by atoms with Crippen LogP contribution in [-0.4, -0.2) is 51.1 Å². The van der Waals surface area contributed by atoms with E-state index < -0.39 is 11.2 Å². The number of hydrogen-bond acceptors (Lipinski definition) is 5.